The minimum Gasteiger partial charge on any atom is -0.278 e. The maximum Gasteiger partial charge on any atom is 0.269 e. The van der Waals surface area contributed by atoms with Crippen LogP contribution in [0.1, 0.15) is 5.56 Å². The number of rotatable bonds is 4. The van der Waals surface area contributed by atoms with Crippen LogP contribution < -0.4 is 5.43 Å². The van der Waals surface area contributed by atoms with Crippen LogP contribution in [0.3, 0.4) is 0 Å². The van der Waals surface area contributed by atoms with Gasteiger partial charge in [-0.2, -0.15) is 5.10 Å². The third-order valence-electron chi connectivity index (χ3n) is 2.44. The van der Waals surface area contributed by atoms with E-state index in [0.29, 0.717) is 21.3 Å². The minimum atomic E-state index is -0.458. The Kier molecular flexibility index (Phi) is 4.55. The van der Waals surface area contributed by atoms with Crippen molar-refractivity contribution in [3.63, 3.8) is 0 Å². The Morgan fingerprint density at radius 1 is 1.15 bits per heavy atom. The monoisotopic (exact) mass is 309 g/mol. The van der Waals surface area contributed by atoms with Crippen LogP contribution in [0.4, 0.5) is 11.4 Å². The number of nitrogens with zero attached hydrogens (tertiary/aromatic N) is 2. The molecule has 0 saturated carbocycles. The third-order valence-corrected chi connectivity index (χ3v) is 3.00. The Morgan fingerprint density at radius 2 is 1.85 bits per heavy atom. The maximum absolute atomic E-state index is 10.5. The first-order valence-corrected chi connectivity index (χ1v) is 6.30. The summed E-state index contributed by atoms with van der Waals surface area (Å²) in [6.07, 6.45) is 1.54. The number of nitro benzene ring substituents is 1. The van der Waals surface area contributed by atoms with Gasteiger partial charge in [0.05, 0.1) is 21.8 Å². The molecule has 0 aliphatic rings. The minimum absolute atomic E-state index is 0.0280. The van der Waals surface area contributed by atoms with Crippen molar-refractivity contribution in [3.8, 4) is 0 Å². The lowest BCUT2D eigenvalue weighted by Gasteiger charge is -2.01. The quantitative estimate of drug-likeness (QED) is 0.518. The zero-order valence-electron chi connectivity index (χ0n) is 10.1. The zero-order valence-corrected chi connectivity index (χ0v) is 11.6. The van der Waals surface area contributed by atoms with Gasteiger partial charge in [-0.15, -0.1) is 0 Å². The van der Waals surface area contributed by atoms with Gasteiger partial charge in [0.2, 0.25) is 0 Å². The average molecular weight is 310 g/mol. The fourth-order valence-electron chi connectivity index (χ4n) is 1.44. The summed E-state index contributed by atoms with van der Waals surface area (Å²) in [4.78, 5) is 10.0. The zero-order chi connectivity index (χ0) is 14.5. The smallest absolute Gasteiger partial charge is 0.269 e. The van der Waals surface area contributed by atoms with Crippen molar-refractivity contribution in [1.82, 2.24) is 0 Å². The molecular weight excluding hydrogens is 301 g/mol. The molecule has 0 aromatic heterocycles. The summed E-state index contributed by atoms with van der Waals surface area (Å²) >= 11 is 11.8. The second kappa shape index (κ2) is 6.36. The third kappa shape index (κ3) is 3.69. The Bertz CT molecular complexity index is 657. The van der Waals surface area contributed by atoms with Gasteiger partial charge in [0.25, 0.3) is 5.69 Å². The molecule has 0 amide bonds. The molecule has 0 heterocycles. The van der Waals surface area contributed by atoms with E-state index in [2.05, 4.69) is 10.5 Å². The molecule has 1 N–H and O–H groups in total. The number of benzene rings is 2. The molecule has 0 saturated heterocycles. The van der Waals surface area contributed by atoms with Crippen LogP contribution >= 0.6 is 23.2 Å². The predicted molar refractivity (Wildman–Crippen MR) is 80.8 cm³/mol. The molecule has 0 bridgehead atoms. The highest BCUT2D eigenvalue weighted by Crippen LogP contribution is 2.19. The lowest BCUT2D eigenvalue weighted by molar-refractivity contribution is -0.384. The molecule has 0 aliphatic heterocycles. The van der Waals surface area contributed by atoms with Crippen LogP contribution in [0.25, 0.3) is 0 Å². The van der Waals surface area contributed by atoms with E-state index in [-0.39, 0.29) is 5.69 Å². The fourth-order valence-corrected chi connectivity index (χ4v) is 1.90. The number of halogens is 2. The van der Waals surface area contributed by atoms with Crippen LogP contribution in [0, 0.1) is 10.1 Å². The van der Waals surface area contributed by atoms with Gasteiger partial charge in [-0.1, -0.05) is 29.3 Å². The molecule has 2 aromatic carbocycles. The summed E-state index contributed by atoms with van der Waals surface area (Å²) in [5, 5.41) is 15.6. The summed E-state index contributed by atoms with van der Waals surface area (Å²) in [5.74, 6) is 0. The normalized spacial score (nSPS) is 10.7. The van der Waals surface area contributed by atoms with Crippen LogP contribution in [-0.2, 0) is 0 Å². The van der Waals surface area contributed by atoms with Crippen molar-refractivity contribution >= 4 is 40.8 Å². The van der Waals surface area contributed by atoms with E-state index >= 15 is 0 Å². The molecule has 5 nitrogen and oxygen atoms in total. The van der Waals surface area contributed by atoms with Crippen molar-refractivity contribution in [1.29, 1.82) is 0 Å². The summed E-state index contributed by atoms with van der Waals surface area (Å²) in [6.45, 7) is 0. The SMILES string of the molecule is O=[N+]([O-])c1ccc(NN=Cc2ccc(Cl)cc2Cl)cc1. The van der Waals surface area contributed by atoms with Gasteiger partial charge in [-0.25, -0.2) is 0 Å². The largest absolute Gasteiger partial charge is 0.278 e. The number of nitro groups is 1. The summed E-state index contributed by atoms with van der Waals surface area (Å²) < 4.78 is 0. The molecule has 0 fully saturated rings. The molecule has 0 atom stereocenters. The fraction of sp³-hybridized carbons (Fsp3) is 0. The molecule has 2 aromatic rings. The van der Waals surface area contributed by atoms with E-state index in [0.717, 1.165) is 0 Å². The van der Waals surface area contributed by atoms with Gasteiger partial charge in [0.1, 0.15) is 0 Å². The number of anilines is 1. The average Bonchev–Trinajstić information content (AvgIpc) is 2.42. The standard InChI is InChI=1S/C13H9Cl2N3O2/c14-10-2-1-9(13(15)7-10)8-16-17-11-3-5-12(6-4-11)18(19)20/h1-8,17H. The van der Waals surface area contributed by atoms with Gasteiger partial charge < -0.3 is 0 Å². The molecular formula is C13H9Cl2N3O2. The number of nitrogens with one attached hydrogen (secondary N) is 1. The lowest BCUT2D eigenvalue weighted by atomic mass is 10.2. The van der Waals surface area contributed by atoms with Crippen LogP contribution in [0.15, 0.2) is 47.6 Å². The van der Waals surface area contributed by atoms with E-state index in [1.807, 2.05) is 0 Å². The summed E-state index contributed by atoms with van der Waals surface area (Å²) in [7, 11) is 0. The van der Waals surface area contributed by atoms with Crippen LogP contribution in [-0.4, -0.2) is 11.1 Å². The maximum atomic E-state index is 10.5. The number of non-ortho nitro benzene ring substituents is 1. The second-order valence-corrected chi connectivity index (χ2v) is 4.68. The van der Waals surface area contributed by atoms with E-state index in [9.17, 15) is 10.1 Å². The van der Waals surface area contributed by atoms with Gasteiger partial charge >= 0.3 is 0 Å². The molecule has 0 spiro atoms. The first-order valence-electron chi connectivity index (χ1n) is 5.55. The first-order chi connectivity index (χ1) is 9.56. The predicted octanol–water partition coefficient (Wildman–Crippen LogP) is 4.35. The molecule has 2 rings (SSSR count). The van der Waals surface area contributed by atoms with Crippen molar-refractivity contribution in [2.24, 2.45) is 5.10 Å². The molecule has 0 aliphatic carbocycles. The molecule has 0 radical (unpaired) electrons. The highest BCUT2D eigenvalue weighted by molar-refractivity contribution is 6.36. The van der Waals surface area contributed by atoms with Crippen molar-refractivity contribution in [2.45, 2.75) is 0 Å². The van der Waals surface area contributed by atoms with E-state index in [4.69, 9.17) is 23.2 Å². The van der Waals surface area contributed by atoms with Gasteiger partial charge in [-0.3, -0.25) is 15.5 Å². The number of hydrogen-bond acceptors (Lipinski definition) is 4. The van der Waals surface area contributed by atoms with Crippen molar-refractivity contribution in [2.75, 3.05) is 5.43 Å². The molecule has 7 heteroatoms. The summed E-state index contributed by atoms with van der Waals surface area (Å²) in [6, 6.07) is 11.0. The molecule has 102 valence electrons. The topological polar surface area (TPSA) is 67.5 Å². The second-order valence-electron chi connectivity index (χ2n) is 3.84. The van der Waals surface area contributed by atoms with E-state index < -0.39 is 4.92 Å². The van der Waals surface area contributed by atoms with Crippen molar-refractivity contribution < 1.29 is 4.92 Å². The van der Waals surface area contributed by atoms with Gasteiger partial charge in [-0.05, 0) is 24.3 Å². The van der Waals surface area contributed by atoms with Crippen LogP contribution in [0.2, 0.25) is 10.0 Å². The lowest BCUT2D eigenvalue weighted by Crippen LogP contribution is -1.92. The Labute approximate surface area is 125 Å². The Balaban J connectivity index is 2.04. The summed E-state index contributed by atoms with van der Waals surface area (Å²) in [5.41, 5.74) is 4.13. The highest BCUT2D eigenvalue weighted by atomic mass is 35.5. The molecule has 0 unspecified atom stereocenters. The molecule has 20 heavy (non-hydrogen) atoms. The number of hydrazone groups is 1. The van der Waals surface area contributed by atoms with E-state index in [1.165, 1.54) is 12.1 Å². The van der Waals surface area contributed by atoms with Crippen molar-refractivity contribution in [3.05, 3.63) is 68.2 Å². The number of hydrogen-bond donors (Lipinski definition) is 1. The van der Waals surface area contributed by atoms with E-state index in [1.54, 1.807) is 36.5 Å². The van der Waals surface area contributed by atoms with Gasteiger partial charge in [0.15, 0.2) is 0 Å². The Morgan fingerprint density at radius 3 is 2.45 bits per heavy atom. The first kappa shape index (κ1) is 14.3. The van der Waals surface area contributed by atoms with Crippen LogP contribution in [0.5, 0.6) is 0 Å². The van der Waals surface area contributed by atoms with Gasteiger partial charge in [0, 0.05) is 22.7 Å². The highest BCUT2D eigenvalue weighted by Gasteiger charge is 2.03. The Hall–Kier alpha value is -2.11.